The molecule has 1 unspecified atom stereocenters. The SMILES string of the molecule is CCC1(C(=O)O)CCN(C(=O)N(C)CC2CCCC2)C1. The average Bonchev–Trinajstić information content (AvgIpc) is 3.07. The van der Waals surface area contributed by atoms with Crippen molar-refractivity contribution in [2.75, 3.05) is 26.7 Å². The van der Waals surface area contributed by atoms with E-state index in [1.54, 1.807) is 9.80 Å². The molecule has 5 nitrogen and oxygen atoms in total. The van der Waals surface area contributed by atoms with E-state index in [1.807, 2.05) is 14.0 Å². The van der Waals surface area contributed by atoms with E-state index in [2.05, 4.69) is 0 Å². The summed E-state index contributed by atoms with van der Waals surface area (Å²) in [6, 6.07) is -0.00604. The summed E-state index contributed by atoms with van der Waals surface area (Å²) < 4.78 is 0. The van der Waals surface area contributed by atoms with E-state index in [4.69, 9.17) is 0 Å². The molecule has 2 amide bonds. The van der Waals surface area contributed by atoms with E-state index < -0.39 is 11.4 Å². The lowest BCUT2D eigenvalue weighted by molar-refractivity contribution is -0.148. The van der Waals surface area contributed by atoms with Gasteiger partial charge in [-0.1, -0.05) is 19.8 Å². The van der Waals surface area contributed by atoms with Crippen molar-refractivity contribution < 1.29 is 14.7 Å². The first-order valence-electron chi connectivity index (χ1n) is 7.72. The van der Waals surface area contributed by atoms with Crippen LogP contribution in [0.25, 0.3) is 0 Å². The highest BCUT2D eigenvalue weighted by Crippen LogP contribution is 2.34. The Morgan fingerprint density at radius 2 is 2.00 bits per heavy atom. The minimum atomic E-state index is -0.770. The lowest BCUT2D eigenvalue weighted by atomic mass is 9.84. The zero-order valence-corrected chi connectivity index (χ0v) is 12.6. The standard InChI is InChI=1S/C15H26N2O3/c1-3-15(13(18)19)8-9-17(11-15)14(20)16(2)10-12-6-4-5-7-12/h12H,3-11H2,1-2H3,(H,18,19). The number of urea groups is 1. The van der Waals surface area contributed by atoms with Crippen molar-refractivity contribution >= 4 is 12.0 Å². The largest absolute Gasteiger partial charge is 0.481 e. The monoisotopic (exact) mass is 282 g/mol. The third-order valence-electron chi connectivity index (χ3n) is 5.09. The number of likely N-dealkylation sites (tertiary alicyclic amines) is 1. The zero-order valence-electron chi connectivity index (χ0n) is 12.6. The molecule has 1 saturated heterocycles. The number of carbonyl (C=O) groups is 2. The van der Waals surface area contributed by atoms with E-state index in [0.717, 1.165) is 6.54 Å². The first kappa shape index (κ1) is 15.1. The summed E-state index contributed by atoms with van der Waals surface area (Å²) in [5, 5.41) is 9.38. The van der Waals surface area contributed by atoms with Crippen LogP contribution in [0.4, 0.5) is 4.79 Å². The third kappa shape index (κ3) is 2.91. The van der Waals surface area contributed by atoms with Gasteiger partial charge in [-0.2, -0.15) is 0 Å². The van der Waals surface area contributed by atoms with Gasteiger partial charge in [-0.3, -0.25) is 4.79 Å². The number of carboxylic acids is 1. The van der Waals surface area contributed by atoms with Crippen LogP contribution in [0.2, 0.25) is 0 Å². The molecule has 20 heavy (non-hydrogen) atoms. The first-order valence-corrected chi connectivity index (χ1v) is 7.72. The Labute approximate surface area is 120 Å². The molecule has 5 heteroatoms. The maximum atomic E-state index is 12.4. The molecule has 0 aromatic heterocycles. The molecule has 0 radical (unpaired) electrons. The topological polar surface area (TPSA) is 60.9 Å². The molecular weight excluding hydrogens is 256 g/mol. The van der Waals surface area contributed by atoms with E-state index in [9.17, 15) is 14.7 Å². The zero-order chi connectivity index (χ0) is 14.8. The number of hydrogen-bond acceptors (Lipinski definition) is 2. The normalized spacial score (nSPS) is 27.0. The predicted molar refractivity (Wildman–Crippen MR) is 76.5 cm³/mol. The highest BCUT2D eigenvalue weighted by Gasteiger charge is 2.45. The van der Waals surface area contributed by atoms with Crippen molar-refractivity contribution in [3.05, 3.63) is 0 Å². The quantitative estimate of drug-likeness (QED) is 0.861. The molecule has 0 aromatic carbocycles. The van der Waals surface area contributed by atoms with Gasteiger partial charge in [0.25, 0.3) is 0 Å². The number of hydrogen-bond donors (Lipinski definition) is 1. The molecule has 2 fully saturated rings. The van der Waals surface area contributed by atoms with Crippen LogP contribution in [0.3, 0.4) is 0 Å². The fraction of sp³-hybridized carbons (Fsp3) is 0.867. The minimum Gasteiger partial charge on any atom is -0.481 e. The summed E-state index contributed by atoms with van der Waals surface area (Å²) in [6.45, 7) is 3.62. The molecular formula is C15H26N2O3. The Hall–Kier alpha value is -1.26. The maximum Gasteiger partial charge on any atom is 0.319 e. The van der Waals surface area contributed by atoms with Gasteiger partial charge in [0.2, 0.25) is 0 Å². The Balaban J connectivity index is 1.91. The third-order valence-corrected chi connectivity index (χ3v) is 5.09. The molecule has 1 N–H and O–H groups in total. The second-order valence-corrected chi connectivity index (χ2v) is 6.42. The van der Waals surface area contributed by atoms with Crippen molar-refractivity contribution in [2.45, 2.75) is 45.4 Å². The van der Waals surface area contributed by atoms with Crippen molar-refractivity contribution in [2.24, 2.45) is 11.3 Å². The fourth-order valence-corrected chi connectivity index (χ4v) is 3.55. The van der Waals surface area contributed by atoms with Gasteiger partial charge in [-0.25, -0.2) is 4.79 Å². The molecule has 2 aliphatic rings. The van der Waals surface area contributed by atoms with Gasteiger partial charge in [0.1, 0.15) is 0 Å². The molecule has 0 spiro atoms. The minimum absolute atomic E-state index is 0.00604. The molecule has 114 valence electrons. The summed E-state index contributed by atoms with van der Waals surface area (Å²) in [6.07, 6.45) is 6.13. The highest BCUT2D eigenvalue weighted by atomic mass is 16.4. The lowest BCUT2D eigenvalue weighted by Crippen LogP contribution is -2.43. The Morgan fingerprint density at radius 3 is 2.50 bits per heavy atom. The molecule has 0 bridgehead atoms. The summed E-state index contributed by atoms with van der Waals surface area (Å²) in [7, 11) is 1.84. The Morgan fingerprint density at radius 1 is 1.35 bits per heavy atom. The summed E-state index contributed by atoms with van der Waals surface area (Å²) in [4.78, 5) is 27.3. The van der Waals surface area contributed by atoms with Gasteiger partial charge < -0.3 is 14.9 Å². The van der Waals surface area contributed by atoms with Crippen LogP contribution in [0.1, 0.15) is 45.4 Å². The lowest BCUT2D eigenvalue weighted by Gasteiger charge is -2.28. The van der Waals surface area contributed by atoms with E-state index >= 15 is 0 Å². The van der Waals surface area contributed by atoms with Gasteiger partial charge in [-0.05, 0) is 31.6 Å². The highest BCUT2D eigenvalue weighted by molar-refractivity contribution is 5.79. The van der Waals surface area contributed by atoms with Gasteiger partial charge in [0.15, 0.2) is 0 Å². The van der Waals surface area contributed by atoms with Crippen LogP contribution in [-0.2, 0) is 4.79 Å². The van der Waals surface area contributed by atoms with Gasteiger partial charge in [0, 0.05) is 26.7 Å². The van der Waals surface area contributed by atoms with E-state index in [-0.39, 0.29) is 6.03 Å². The molecule has 1 saturated carbocycles. The molecule has 1 aliphatic carbocycles. The number of carbonyl (C=O) groups excluding carboxylic acids is 1. The Bertz CT molecular complexity index is 379. The summed E-state index contributed by atoms with van der Waals surface area (Å²) >= 11 is 0. The van der Waals surface area contributed by atoms with Crippen molar-refractivity contribution in [1.29, 1.82) is 0 Å². The number of aliphatic carboxylic acids is 1. The maximum absolute atomic E-state index is 12.4. The summed E-state index contributed by atoms with van der Waals surface area (Å²) in [5.74, 6) is -0.143. The Kier molecular flexibility index (Phi) is 4.55. The second-order valence-electron chi connectivity index (χ2n) is 6.42. The number of nitrogens with zero attached hydrogens (tertiary/aromatic N) is 2. The molecule has 1 heterocycles. The van der Waals surface area contributed by atoms with Crippen LogP contribution >= 0.6 is 0 Å². The van der Waals surface area contributed by atoms with Crippen LogP contribution < -0.4 is 0 Å². The van der Waals surface area contributed by atoms with Crippen molar-refractivity contribution in [3.8, 4) is 0 Å². The van der Waals surface area contributed by atoms with Gasteiger partial charge >= 0.3 is 12.0 Å². The van der Waals surface area contributed by atoms with Gasteiger partial charge in [0.05, 0.1) is 5.41 Å². The fourth-order valence-electron chi connectivity index (χ4n) is 3.55. The van der Waals surface area contributed by atoms with Crippen LogP contribution in [-0.4, -0.2) is 53.6 Å². The molecule has 0 aromatic rings. The summed E-state index contributed by atoms with van der Waals surface area (Å²) in [5.41, 5.74) is -0.732. The smallest absolute Gasteiger partial charge is 0.319 e. The van der Waals surface area contributed by atoms with Crippen LogP contribution in [0, 0.1) is 11.3 Å². The number of carboxylic acid groups (broad SMARTS) is 1. The first-order chi connectivity index (χ1) is 9.48. The average molecular weight is 282 g/mol. The van der Waals surface area contributed by atoms with Gasteiger partial charge in [-0.15, -0.1) is 0 Å². The van der Waals surface area contributed by atoms with Crippen LogP contribution in [0.5, 0.6) is 0 Å². The number of amides is 2. The number of rotatable bonds is 4. The molecule has 2 rings (SSSR count). The predicted octanol–water partition coefficient (Wildman–Crippen LogP) is 2.42. The van der Waals surface area contributed by atoms with Crippen LogP contribution in [0.15, 0.2) is 0 Å². The van der Waals surface area contributed by atoms with Crippen molar-refractivity contribution in [1.82, 2.24) is 9.80 Å². The molecule has 1 atom stereocenters. The van der Waals surface area contributed by atoms with E-state index in [1.165, 1.54) is 25.7 Å². The second kappa shape index (κ2) is 6.02. The molecule has 1 aliphatic heterocycles. The van der Waals surface area contributed by atoms with Crippen molar-refractivity contribution in [3.63, 3.8) is 0 Å². The van der Waals surface area contributed by atoms with E-state index in [0.29, 0.717) is 31.8 Å².